The molecule has 1 atom stereocenters. The minimum Gasteiger partial charge on any atom is -0.381 e. The van der Waals surface area contributed by atoms with Gasteiger partial charge in [-0.05, 0) is 56.1 Å². The molecule has 5 heteroatoms. The summed E-state index contributed by atoms with van der Waals surface area (Å²) in [6.45, 7) is 5.73. The predicted molar refractivity (Wildman–Crippen MR) is 93.6 cm³/mol. The minimum absolute atomic E-state index is 0.122. The fourth-order valence-corrected chi connectivity index (χ4v) is 3.45. The number of thioether (sulfide) groups is 1. The van der Waals surface area contributed by atoms with E-state index in [0.29, 0.717) is 5.92 Å². The normalized spacial score (nSPS) is 17.0. The summed E-state index contributed by atoms with van der Waals surface area (Å²) in [5.41, 5.74) is 3.30. The standard InChI is InChI=1S/C17H26N2O2S/c1-12-15(11-22-3)5-4-6-16(12)19-17(20)18-13(2)14-7-9-21-10-8-14/h4-6,13-14H,7-11H2,1-3H3,(H2,18,19,20). The Kier molecular flexibility index (Phi) is 6.58. The van der Waals surface area contributed by atoms with Crippen LogP contribution in [0.4, 0.5) is 10.5 Å². The Morgan fingerprint density at radius 3 is 2.82 bits per heavy atom. The molecule has 0 radical (unpaired) electrons. The van der Waals surface area contributed by atoms with E-state index < -0.39 is 0 Å². The number of rotatable bonds is 5. The SMILES string of the molecule is CSCc1cccc(NC(=O)NC(C)C2CCOCC2)c1C. The van der Waals surface area contributed by atoms with Crippen molar-refractivity contribution in [3.63, 3.8) is 0 Å². The van der Waals surface area contributed by atoms with Crippen LogP contribution in [-0.4, -0.2) is 31.5 Å². The van der Waals surface area contributed by atoms with Crippen molar-refractivity contribution in [3.8, 4) is 0 Å². The molecule has 122 valence electrons. The van der Waals surface area contributed by atoms with E-state index in [1.807, 2.05) is 12.1 Å². The minimum atomic E-state index is -0.122. The average Bonchev–Trinajstić information content (AvgIpc) is 2.52. The maximum atomic E-state index is 12.2. The average molecular weight is 322 g/mol. The van der Waals surface area contributed by atoms with Crippen LogP contribution in [0.5, 0.6) is 0 Å². The first-order valence-corrected chi connectivity index (χ1v) is 9.24. The number of carbonyl (C=O) groups is 1. The molecule has 0 spiro atoms. The van der Waals surface area contributed by atoms with Crippen molar-refractivity contribution in [3.05, 3.63) is 29.3 Å². The lowest BCUT2D eigenvalue weighted by molar-refractivity contribution is 0.0573. The first-order chi connectivity index (χ1) is 10.6. The first kappa shape index (κ1) is 17.2. The topological polar surface area (TPSA) is 50.4 Å². The van der Waals surface area contributed by atoms with Crippen molar-refractivity contribution in [1.82, 2.24) is 5.32 Å². The number of amides is 2. The van der Waals surface area contributed by atoms with E-state index in [0.717, 1.165) is 43.1 Å². The Labute approximate surface area is 137 Å². The molecule has 1 saturated heterocycles. The van der Waals surface area contributed by atoms with E-state index in [9.17, 15) is 4.79 Å². The summed E-state index contributed by atoms with van der Waals surface area (Å²) in [4.78, 5) is 12.2. The molecule has 1 aromatic rings. The molecule has 2 rings (SSSR count). The molecule has 1 aliphatic heterocycles. The number of hydrogen-bond acceptors (Lipinski definition) is 3. The molecular formula is C17H26N2O2S. The molecule has 1 aliphatic rings. The van der Waals surface area contributed by atoms with Gasteiger partial charge in [0.25, 0.3) is 0 Å². The van der Waals surface area contributed by atoms with Gasteiger partial charge in [0.1, 0.15) is 0 Å². The number of benzene rings is 1. The van der Waals surface area contributed by atoms with Gasteiger partial charge in [-0.15, -0.1) is 0 Å². The van der Waals surface area contributed by atoms with Crippen LogP contribution in [0.25, 0.3) is 0 Å². The van der Waals surface area contributed by atoms with Gasteiger partial charge in [-0.25, -0.2) is 4.79 Å². The van der Waals surface area contributed by atoms with Gasteiger partial charge >= 0.3 is 6.03 Å². The fraction of sp³-hybridized carbons (Fsp3) is 0.588. The number of carbonyl (C=O) groups excluding carboxylic acids is 1. The Morgan fingerprint density at radius 2 is 2.14 bits per heavy atom. The summed E-state index contributed by atoms with van der Waals surface area (Å²) in [7, 11) is 0. The molecule has 0 aliphatic carbocycles. The number of nitrogens with one attached hydrogen (secondary N) is 2. The molecular weight excluding hydrogens is 296 g/mol. The highest BCUT2D eigenvalue weighted by Crippen LogP contribution is 2.22. The van der Waals surface area contributed by atoms with Crippen LogP contribution in [0.2, 0.25) is 0 Å². The smallest absolute Gasteiger partial charge is 0.319 e. The van der Waals surface area contributed by atoms with Crippen LogP contribution in [-0.2, 0) is 10.5 Å². The van der Waals surface area contributed by atoms with E-state index in [-0.39, 0.29) is 12.1 Å². The quantitative estimate of drug-likeness (QED) is 0.867. The van der Waals surface area contributed by atoms with Crippen molar-refractivity contribution in [1.29, 1.82) is 0 Å². The largest absolute Gasteiger partial charge is 0.381 e. The van der Waals surface area contributed by atoms with Gasteiger partial charge in [0.05, 0.1) is 0 Å². The highest BCUT2D eigenvalue weighted by molar-refractivity contribution is 7.97. The summed E-state index contributed by atoms with van der Waals surface area (Å²) in [6, 6.07) is 6.11. The number of hydrogen-bond donors (Lipinski definition) is 2. The highest BCUT2D eigenvalue weighted by Gasteiger charge is 2.22. The molecule has 1 heterocycles. The van der Waals surface area contributed by atoms with Crippen molar-refractivity contribution in [2.24, 2.45) is 5.92 Å². The van der Waals surface area contributed by atoms with Gasteiger partial charge in [0.2, 0.25) is 0 Å². The van der Waals surface area contributed by atoms with Crippen LogP contribution in [0.1, 0.15) is 30.9 Å². The molecule has 1 aromatic carbocycles. The zero-order chi connectivity index (χ0) is 15.9. The van der Waals surface area contributed by atoms with E-state index in [1.54, 1.807) is 11.8 Å². The molecule has 2 amide bonds. The van der Waals surface area contributed by atoms with Crippen LogP contribution in [0.15, 0.2) is 18.2 Å². The zero-order valence-corrected chi connectivity index (χ0v) is 14.5. The molecule has 0 saturated carbocycles. The van der Waals surface area contributed by atoms with E-state index in [1.165, 1.54) is 5.56 Å². The lowest BCUT2D eigenvalue weighted by Gasteiger charge is -2.28. The van der Waals surface area contributed by atoms with Gasteiger partial charge in [-0.1, -0.05) is 12.1 Å². The number of ether oxygens (including phenoxy) is 1. The Balaban J connectivity index is 1.92. The summed E-state index contributed by atoms with van der Waals surface area (Å²) < 4.78 is 5.37. The predicted octanol–water partition coefficient (Wildman–Crippen LogP) is 3.79. The second-order valence-electron chi connectivity index (χ2n) is 5.86. The fourth-order valence-electron chi connectivity index (χ4n) is 2.83. The third-order valence-corrected chi connectivity index (χ3v) is 4.93. The lowest BCUT2D eigenvalue weighted by atomic mass is 9.93. The Morgan fingerprint density at radius 1 is 1.41 bits per heavy atom. The molecule has 0 bridgehead atoms. The Bertz CT molecular complexity index is 501. The van der Waals surface area contributed by atoms with Crippen LogP contribution in [0, 0.1) is 12.8 Å². The summed E-state index contributed by atoms with van der Waals surface area (Å²) in [5, 5.41) is 6.05. The van der Waals surface area contributed by atoms with Gasteiger partial charge in [-0.2, -0.15) is 11.8 Å². The van der Waals surface area contributed by atoms with Crippen molar-refractivity contribution < 1.29 is 9.53 Å². The lowest BCUT2D eigenvalue weighted by Crippen LogP contribution is -2.42. The zero-order valence-electron chi connectivity index (χ0n) is 13.6. The number of anilines is 1. The second kappa shape index (κ2) is 8.44. The molecule has 1 fully saturated rings. The monoisotopic (exact) mass is 322 g/mol. The van der Waals surface area contributed by atoms with Gasteiger partial charge in [-0.3, -0.25) is 0 Å². The number of urea groups is 1. The maximum Gasteiger partial charge on any atom is 0.319 e. The van der Waals surface area contributed by atoms with Crippen molar-refractivity contribution >= 4 is 23.5 Å². The van der Waals surface area contributed by atoms with E-state index in [2.05, 4.69) is 36.8 Å². The second-order valence-corrected chi connectivity index (χ2v) is 6.73. The highest BCUT2D eigenvalue weighted by atomic mass is 32.2. The van der Waals surface area contributed by atoms with Gasteiger partial charge in [0.15, 0.2) is 0 Å². The van der Waals surface area contributed by atoms with Crippen LogP contribution < -0.4 is 10.6 Å². The van der Waals surface area contributed by atoms with E-state index in [4.69, 9.17) is 4.74 Å². The summed E-state index contributed by atoms with van der Waals surface area (Å²) in [5.74, 6) is 1.46. The van der Waals surface area contributed by atoms with Crippen molar-refractivity contribution in [2.75, 3.05) is 24.8 Å². The third kappa shape index (κ3) is 4.65. The Hall–Kier alpha value is -1.20. The maximum absolute atomic E-state index is 12.2. The molecule has 2 N–H and O–H groups in total. The summed E-state index contributed by atoms with van der Waals surface area (Å²) >= 11 is 1.79. The molecule has 1 unspecified atom stereocenters. The third-order valence-electron chi connectivity index (χ3n) is 4.33. The molecule has 4 nitrogen and oxygen atoms in total. The van der Waals surface area contributed by atoms with E-state index >= 15 is 0 Å². The van der Waals surface area contributed by atoms with Gasteiger partial charge in [0, 0.05) is 30.7 Å². The first-order valence-electron chi connectivity index (χ1n) is 7.84. The molecule has 22 heavy (non-hydrogen) atoms. The molecule has 0 aromatic heterocycles. The van der Waals surface area contributed by atoms with Crippen LogP contribution >= 0.6 is 11.8 Å². The van der Waals surface area contributed by atoms with Crippen molar-refractivity contribution in [2.45, 2.75) is 38.5 Å². The van der Waals surface area contributed by atoms with Crippen LogP contribution in [0.3, 0.4) is 0 Å². The summed E-state index contributed by atoms with van der Waals surface area (Å²) in [6.07, 6.45) is 4.12. The van der Waals surface area contributed by atoms with Gasteiger partial charge < -0.3 is 15.4 Å².